The van der Waals surface area contributed by atoms with Crippen molar-refractivity contribution < 1.29 is 24.5 Å². The van der Waals surface area contributed by atoms with Gasteiger partial charge in [0.15, 0.2) is 12.2 Å². The third-order valence-electron chi connectivity index (χ3n) is 3.69. The molecule has 0 aromatic carbocycles. The second kappa shape index (κ2) is 5.42. The van der Waals surface area contributed by atoms with Gasteiger partial charge in [0.2, 0.25) is 0 Å². The number of rotatable bonds is 4. The molecule has 2 fully saturated rings. The van der Waals surface area contributed by atoms with Gasteiger partial charge in [-0.05, 0) is 25.0 Å². The minimum Gasteiger partial charge on any atom is -0.479 e. The Morgan fingerprint density at radius 3 is 2.86 bits per heavy atom. The normalized spacial score (nSPS) is 24.0. The highest BCUT2D eigenvalue weighted by Gasteiger charge is 2.40. The number of hydrogen-bond donors (Lipinski definition) is 2. The number of nitrogens with zero attached hydrogens (tertiary/aromatic N) is 2. The van der Waals surface area contributed by atoms with Crippen LogP contribution in [0.15, 0.2) is 18.2 Å². The van der Waals surface area contributed by atoms with Gasteiger partial charge in [-0.2, -0.15) is 0 Å². The summed E-state index contributed by atoms with van der Waals surface area (Å²) in [5, 5.41) is 18.4. The van der Waals surface area contributed by atoms with Crippen LogP contribution < -0.4 is 4.90 Å². The third-order valence-corrected chi connectivity index (χ3v) is 3.69. The van der Waals surface area contributed by atoms with Crippen LogP contribution in [0.5, 0.6) is 0 Å². The van der Waals surface area contributed by atoms with E-state index in [1.165, 1.54) is 4.90 Å². The van der Waals surface area contributed by atoms with Crippen LogP contribution in [-0.4, -0.2) is 52.4 Å². The Hall–Kier alpha value is -1.99. The predicted octanol–water partition coefficient (Wildman–Crippen LogP) is 0.136. The maximum Gasteiger partial charge on any atom is 0.335 e. The molecule has 0 bridgehead atoms. The number of carboxylic acid groups (broad SMARTS) is 1. The second-order valence-corrected chi connectivity index (χ2v) is 5.26. The third kappa shape index (κ3) is 2.74. The number of aromatic nitrogens is 1. The molecule has 2 heterocycles. The van der Waals surface area contributed by atoms with E-state index < -0.39 is 24.1 Å². The maximum atomic E-state index is 12.3. The van der Waals surface area contributed by atoms with E-state index in [1.54, 1.807) is 6.07 Å². The van der Waals surface area contributed by atoms with Gasteiger partial charge >= 0.3 is 5.97 Å². The van der Waals surface area contributed by atoms with E-state index in [-0.39, 0.29) is 6.61 Å². The first-order valence-electron chi connectivity index (χ1n) is 6.88. The van der Waals surface area contributed by atoms with Crippen molar-refractivity contribution in [2.75, 3.05) is 18.1 Å². The lowest BCUT2D eigenvalue weighted by atomic mass is 10.1. The highest BCUT2D eigenvalue weighted by Crippen LogP contribution is 2.39. The van der Waals surface area contributed by atoms with Crippen LogP contribution >= 0.6 is 0 Å². The highest BCUT2D eigenvalue weighted by molar-refractivity contribution is 5.99. The topological polar surface area (TPSA) is 100.0 Å². The fraction of sp³-hybridized carbons (Fsp3) is 0.500. The molecule has 21 heavy (non-hydrogen) atoms. The number of carbonyl (C=O) groups is 2. The van der Waals surface area contributed by atoms with Gasteiger partial charge in [0.25, 0.3) is 5.91 Å². The predicted molar refractivity (Wildman–Crippen MR) is 71.9 cm³/mol. The van der Waals surface area contributed by atoms with Crippen LogP contribution in [0, 0.1) is 0 Å². The number of hydrogen-bond acceptors (Lipinski definition) is 5. The van der Waals surface area contributed by atoms with E-state index in [0.29, 0.717) is 18.3 Å². The molecule has 0 radical (unpaired) electrons. The van der Waals surface area contributed by atoms with Crippen molar-refractivity contribution in [3.05, 3.63) is 23.9 Å². The number of anilines is 1. The van der Waals surface area contributed by atoms with E-state index in [2.05, 4.69) is 4.98 Å². The number of aliphatic hydroxyl groups excluding tert-OH is 1. The van der Waals surface area contributed by atoms with Crippen molar-refractivity contribution in [1.82, 2.24) is 4.98 Å². The summed E-state index contributed by atoms with van der Waals surface area (Å²) in [6.45, 7) is 0.457. The Morgan fingerprint density at radius 1 is 1.43 bits per heavy atom. The van der Waals surface area contributed by atoms with Crippen LogP contribution in [0.4, 0.5) is 5.82 Å². The number of pyridine rings is 1. The van der Waals surface area contributed by atoms with Gasteiger partial charge in [0, 0.05) is 11.6 Å². The zero-order chi connectivity index (χ0) is 15.0. The summed E-state index contributed by atoms with van der Waals surface area (Å²) >= 11 is 0. The fourth-order valence-electron chi connectivity index (χ4n) is 2.39. The Bertz CT molecular complexity index is 572. The molecule has 1 saturated carbocycles. The molecule has 0 spiro atoms. The van der Waals surface area contributed by atoms with E-state index >= 15 is 0 Å². The van der Waals surface area contributed by atoms with E-state index in [4.69, 9.17) is 9.84 Å². The molecule has 1 aliphatic heterocycles. The quantitative estimate of drug-likeness (QED) is 0.818. The summed E-state index contributed by atoms with van der Waals surface area (Å²) in [5.74, 6) is -1.11. The summed E-state index contributed by atoms with van der Waals surface area (Å²) in [7, 11) is 0. The van der Waals surface area contributed by atoms with E-state index in [9.17, 15) is 14.7 Å². The Balaban J connectivity index is 1.82. The minimum atomic E-state index is -1.87. The first-order valence-corrected chi connectivity index (χ1v) is 6.88. The van der Waals surface area contributed by atoms with Crippen LogP contribution in [0.2, 0.25) is 0 Å². The number of amides is 1. The molecular weight excluding hydrogens is 276 g/mol. The van der Waals surface area contributed by atoms with Crippen LogP contribution in [-0.2, 0) is 14.3 Å². The Kier molecular flexibility index (Phi) is 3.60. The monoisotopic (exact) mass is 292 g/mol. The van der Waals surface area contributed by atoms with Crippen molar-refractivity contribution in [1.29, 1.82) is 0 Å². The summed E-state index contributed by atoms with van der Waals surface area (Å²) in [5.41, 5.74) is 0.946. The molecule has 2 N–H and O–H groups in total. The molecule has 1 aromatic heterocycles. The molecule has 112 valence electrons. The van der Waals surface area contributed by atoms with Gasteiger partial charge in [0.1, 0.15) is 5.82 Å². The summed E-state index contributed by atoms with van der Waals surface area (Å²) in [6, 6.07) is 5.47. The van der Waals surface area contributed by atoms with E-state index in [1.807, 2.05) is 12.1 Å². The van der Waals surface area contributed by atoms with Crippen molar-refractivity contribution in [3.63, 3.8) is 0 Å². The molecule has 2 unspecified atom stereocenters. The number of ether oxygens (including phenoxy) is 1. The first kappa shape index (κ1) is 14.0. The molecule has 7 heteroatoms. The standard InChI is InChI=1S/C14H16N2O5/c17-11(14(19)20)12-13(18)16(6-7-21-12)10-3-1-2-9(15-10)8-4-5-8/h1-3,8,11-12,17H,4-7H2,(H,19,20). The average molecular weight is 292 g/mol. The van der Waals surface area contributed by atoms with Crippen LogP contribution in [0.3, 0.4) is 0 Å². The zero-order valence-corrected chi connectivity index (χ0v) is 11.3. The zero-order valence-electron chi connectivity index (χ0n) is 11.3. The summed E-state index contributed by atoms with van der Waals surface area (Å²) < 4.78 is 5.11. The largest absolute Gasteiger partial charge is 0.479 e. The Labute approximate surface area is 121 Å². The SMILES string of the molecule is O=C(O)C(O)C1OCCN(c2cccc(C3CC3)n2)C1=O. The van der Waals surface area contributed by atoms with Gasteiger partial charge in [-0.1, -0.05) is 6.07 Å². The number of carbonyl (C=O) groups excluding carboxylic acids is 1. The number of aliphatic hydroxyl groups is 1. The highest BCUT2D eigenvalue weighted by atomic mass is 16.5. The lowest BCUT2D eigenvalue weighted by Gasteiger charge is -2.32. The molecule has 2 aliphatic rings. The minimum absolute atomic E-state index is 0.163. The van der Waals surface area contributed by atoms with Crippen molar-refractivity contribution in [3.8, 4) is 0 Å². The molecule has 1 saturated heterocycles. The van der Waals surface area contributed by atoms with Gasteiger partial charge in [-0.3, -0.25) is 9.69 Å². The molecule has 1 amide bonds. The molecular formula is C14H16N2O5. The summed E-state index contributed by atoms with van der Waals surface area (Å²) in [4.78, 5) is 29.0. The van der Waals surface area contributed by atoms with Crippen molar-refractivity contribution >= 4 is 17.7 Å². The summed E-state index contributed by atoms with van der Waals surface area (Å²) in [6.07, 6.45) is -1.05. The first-order chi connectivity index (χ1) is 10.1. The Morgan fingerprint density at radius 2 is 2.19 bits per heavy atom. The average Bonchev–Trinajstić information content (AvgIpc) is 3.31. The van der Waals surface area contributed by atoms with Gasteiger partial charge in [-0.25, -0.2) is 9.78 Å². The molecule has 3 rings (SSSR count). The van der Waals surface area contributed by atoms with Crippen molar-refractivity contribution in [2.24, 2.45) is 0 Å². The maximum absolute atomic E-state index is 12.3. The molecule has 1 aliphatic carbocycles. The van der Waals surface area contributed by atoms with Crippen LogP contribution in [0.1, 0.15) is 24.5 Å². The number of aliphatic carboxylic acids is 1. The fourth-order valence-corrected chi connectivity index (χ4v) is 2.39. The molecule has 1 aromatic rings. The lowest BCUT2D eigenvalue weighted by Crippen LogP contribution is -2.54. The van der Waals surface area contributed by atoms with Crippen LogP contribution in [0.25, 0.3) is 0 Å². The number of morpholine rings is 1. The van der Waals surface area contributed by atoms with Gasteiger partial charge in [-0.15, -0.1) is 0 Å². The van der Waals surface area contributed by atoms with Gasteiger partial charge < -0.3 is 14.9 Å². The molecule has 7 nitrogen and oxygen atoms in total. The number of carboxylic acids is 1. The van der Waals surface area contributed by atoms with Gasteiger partial charge in [0.05, 0.1) is 13.2 Å². The molecule has 2 atom stereocenters. The second-order valence-electron chi connectivity index (χ2n) is 5.26. The lowest BCUT2D eigenvalue weighted by molar-refractivity contribution is -0.163. The smallest absolute Gasteiger partial charge is 0.335 e. The van der Waals surface area contributed by atoms with E-state index in [0.717, 1.165) is 18.5 Å². The van der Waals surface area contributed by atoms with Crippen molar-refractivity contribution in [2.45, 2.75) is 31.0 Å².